The van der Waals surface area contributed by atoms with Crippen LogP contribution in [0.2, 0.25) is 0 Å². The Morgan fingerprint density at radius 2 is 1.35 bits per heavy atom. The second-order valence-corrected chi connectivity index (χ2v) is 14.9. The number of carbonyl (C=O) groups is 3. The van der Waals surface area contributed by atoms with Crippen molar-refractivity contribution in [2.24, 2.45) is 5.92 Å². The number of benzene rings is 3. The lowest BCUT2D eigenvalue weighted by molar-refractivity contribution is -0.148. The normalized spacial score (nSPS) is 23.7. The maximum atomic E-state index is 15.3. The average molecular weight is 693 g/mol. The van der Waals surface area contributed by atoms with E-state index in [4.69, 9.17) is 0 Å². The Morgan fingerprint density at radius 3 is 1.80 bits per heavy atom. The van der Waals surface area contributed by atoms with Gasteiger partial charge in [-0.05, 0) is 97.3 Å². The van der Waals surface area contributed by atoms with Crippen molar-refractivity contribution in [3.05, 3.63) is 106 Å². The number of nitrogens with zero attached hydrogens (tertiary/aromatic N) is 1. The van der Waals surface area contributed by atoms with E-state index in [0.717, 1.165) is 61.9 Å². The number of piperidine rings is 1. The molecule has 0 saturated carbocycles. The molecule has 51 heavy (non-hydrogen) atoms. The molecule has 3 saturated heterocycles. The lowest BCUT2D eigenvalue weighted by atomic mass is 9.64. The van der Waals surface area contributed by atoms with Gasteiger partial charge in [-0.15, -0.1) is 0 Å². The first-order chi connectivity index (χ1) is 24.7. The van der Waals surface area contributed by atoms with Crippen molar-refractivity contribution < 1.29 is 19.5 Å². The number of ketones is 1. The molecule has 0 radical (unpaired) electrons. The average Bonchev–Trinajstić information content (AvgIpc) is 3.84. The van der Waals surface area contributed by atoms with Gasteiger partial charge in [0.1, 0.15) is 6.04 Å². The third-order valence-corrected chi connectivity index (χ3v) is 11.8. The fraction of sp³-hybridized carbons (Fsp3) is 0.512. The second-order valence-electron chi connectivity index (χ2n) is 14.9. The van der Waals surface area contributed by atoms with E-state index in [0.29, 0.717) is 31.8 Å². The fourth-order valence-electron chi connectivity index (χ4n) is 8.55. The number of likely N-dealkylation sites (tertiary alicyclic amines) is 1. The van der Waals surface area contributed by atoms with Crippen LogP contribution < -0.4 is 16.0 Å². The molecule has 0 unspecified atom stereocenters. The molecule has 0 aliphatic carbocycles. The molecule has 0 bridgehead atoms. The molecule has 3 heterocycles. The van der Waals surface area contributed by atoms with Gasteiger partial charge in [0.15, 0.2) is 11.3 Å². The zero-order chi connectivity index (χ0) is 36.0. The Hall–Kier alpha value is -3.85. The summed E-state index contributed by atoms with van der Waals surface area (Å²) in [5.74, 6) is -0.476. The number of aryl methyl sites for hydroxylation is 3. The highest BCUT2D eigenvalue weighted by Crippen LogP contribution is 2.45. The Labute approximate surface area is 303 Å². The smallest absolute Gasteiger partial charge is 0.251 e. The molecule has 8 heteroatoms. The van der Waals surface area contributed by atoms with E-state index in [9.17, 15) is 14.7 Å². The number of β-amino-alcohol motifs (C(OH)–C–C–N with tert-alkyl or cyclic N) is 1. The molecule has 0 spiro atoms. The summed E-state index contributed by atoms with van der Waals surface area (Å²) >= 11 is 0. The Morgan fingerprint density at radius 1 is 0.804 bits per heavy atom. The van der Waals surface area contributed by atoms with Crippen LogP contribution in [0.25, 0.3) is 0 Å². The summed E-state index contributed by atoms with van der Waals surface area (Å²) in [7, 11) is 0. The van der Waals surface area contributed by atoms with Gasteiger partial charge in [0.25, 0.3) is 5.91 Å². The van der Waals surface area contributed by atoms with Crippen molar-refractivity contribution in [1.82, 2.24) is 20.9 Å². The van der Waals surface area contributed by atoms with Crippen molar-refractivity contribution in [2.75, 3.05) is 32.7 Å². The van der Waals surface area contributed by atoms with Gasteiger partial charge in [-0.1, -0.05) is 93.6 Å². The van der Waals surface area contributed by atoms with E-state index in [1.54, 1.807) is 4.90 Å². The van der Waals surface area contributed by atoms with Crippen LogP contribution in [0.1, 0.15) is 92.7 Å². The highest BCUT2D eigenvalue weighted by molar-refractivity contribution is 6.12. The van der Waals surface area contributed by atoms with E-state index in [-0.39, 0.29) is 31.1 Å². The molecule has 8 nitrogen and oxygen atoms in total. The van der Waals surface area contributed by atoms with Crippen molar-refractivity contribution in [3.63, 3.8) is 0 Å². The lowest BCUT2D eigenvalue weighted by Gasteiger charge is -2.40. The minimum absolute atomic E-state index is 0.000256. The highest BCUT2D eigenvalue weighted by Gasteiger charge is 2.56. The number of nitrogens with one attached hydrogen (secondary N) is 3. The monoisotopic (exact) mass is 692 g/mol. The number of Topliss-reactive ketones (excluding diaryl/α,β-unsaturated/α-hetero) is 1. The molecular formula is C43H56N4O4. The predicted octanol–water partition coefficient (Wildman–Crippen LogP) is 4.87. The summed E-state index contributed by atoms with van der Waals surface area (Å²) < 4.78 is 0. The van der Waals surface area contributed by atoms with Crippen LogP contribution in [-0.4, -0.2) is 78.0 Å². The molecule has 3 aromatic carbocycles. The molecule has 4 atom stereocenters. The van der Waals surface area contributed by atoms with Crippen molar-refractivity contribution in [2.45, 2.75) is 102 Å². The van der Waals surface area contributed by atoms with Crippen molar-refractivity contribution in [3.8, 4) is 0 Å². The molecule has 3 aliphatic rings. The SMILES string of the molecule is CCc1ccc(C(CC(=O)[C@]2(C(=O)N3CCC[C@@H]3C(=O)NC[C@H]3CCCNC3)C[C@@H](O)CN2)(c2ccc(CC)cc2)c2ccc(CC)cc2)cc1. The molecule has 272 valence electrons. The van der Waals surface area contributed by atoms with Crippen LogP contribution >= 0.6 is 0 Å². The van der Waals surface area contributed by atoms with Crippen LogP contribution in [0, 0.1) is 5.92 Å². The largest absolute Gasteiger partial charge is 0.392 e. The Bertz CT molecular complexity index is 1530. The minimum Gasteiger partial charge on any atom is -0.392 e. The summed E-state index contributed by atoms with van der Waals surface area (Å²) in [4.78, 5) is 45.4. The topological polar surface area (TPSA) is 111 Å². The van der Waals surface area contributed by atoms with Gasteiger partial charge in [-0.2, -0.15) is 0 Å². The molecule has 4 N–H and O–H groups in total. The molecule has 3 fully saturated rings. The summed E-state index contributed by atoms with van der Waals surface area (Å²) in [5.41, 5.74) is 3.94. The Kier molecular flexibility index (Phi) is 11.7. The maximum Gasteiger partial charge on any atom is 0.251 e. The van der Waals surface area contributed by atoms with Crippen LogP contribution in [0.3, 0.4) is 0 Å². The number of amides is 2. The molecule has 2 amide bonds. The van der Waals surface area contributed by atoms with E-state index in [1.807, 2.05) is 0 Å². The Balaban J connectivity index is 1.40. The number of aliphatic hydroxyl groups excluding tert-OH is 1. The number of hydrogen-bond donors (Lipinski definition) is 4. The quantitative estimate of drug-likeness (QED) is 0.150. The van der Waals surface area contributed by atoms with Crippen LogP contribution in [-0.2, 0) is 39.1 Å². The summed E-state index contributed by atoms with van der Waals surface area (Å²) in [5, 5.41) is 20.7. The first kappa shape index (κ1) is 36.9. The van der Waals surface area contributed by atoms with E-state index in [2.05, 4.69) is 110 Å². The highest BCUT2D eigenvalue weighted by atomic mass is 16.3. The van der Waals surface area contributed by atoms with Gasteiger partial charge in [-0.3, -0.25) is 19.7 Å². The number of hydrogen-bond acceptors (Lipinski definition) is 6. The van der Waals surface area contributed by atoms with Gasteiger partial charge >= 0.3 is 0 Å². The van der Waals surface area contributed by atoms with Gasteiger partial charge < -0.3 is 20.6 Å². The first-order valence-electron chi connectivity index (χ1n) is 19.3. The van der Waals surface area contributed by atoms with E-state index < -0.39 is 29.0 Å². The zero-order valence-electron chi connectivity index (χ0n) is 30.7. The molecule has 3 aliphatic heterocycles. The number of carbonyl (C=O) groups excluding carboxylic acids is 3. The first-order valence-corrected chi connectivity index (χ1v) is 19.3. The molecule has 6 rings (SSSR count). The van der Waals surface area contributed by atoms with Crippen LogP contribution in [0.5, 0.6) is 0 Å². The fourth-order valence-corrected chi connectivity index (χ4v) is 8.55. The third kappa shape index (κ3) is 7.55. The summed E-state index contributed by atoms with van der Waals surface area (Å²) in [6.07, 6.45) is 5.17. The summed E-state index contributed by atoms with van der Waals surface area (Å²) in [6, 6.07) is 24.9. The summed E-state index contributed by atoms with van der Waals surface area (Å²) in [6.45, 7) is 9.36. The lowest BCUT2D eigenvalue weighted by Crippen LogP contribution is -2.63. The second kappa shape index (κ2) is 16.2. The molecular weight excluding hydrogens is 636 g/mol. The van der Waals surface area contributed by atoms with Crippen LogP contribution in [0.15, 0.2) is 72.8 Å². The van der Waals surface area contributed by atoms with Gasteiger partial charge in [0, 0.05) is 32.5 Å². The van der Waals surface area contributed by atoms with Crippen molar-refractivity contribution in [1.29, 1.82) is 0 Å². The molecule has 3 aromatic rings. The van der Waals surface area contributed by atoms with E-state index >= 15 is 4.79 Å². The predicted molar refractivity (Wildman–Crippen MR) is 202 cm³/mol. The third-order valence-electron chi connectivity index (χ3n) is 11.8. The zero-order valence-corrected chi connectivity index (χ0v) is 30.7. The molecule has 0 aromatic heterocycles. The van der Waals surface area contributed by atoms with Crippen LogP contribution in [0.4, 0.5) is 0 Å². The van der Waals surface area contributed by atoms with Crippen molar-refractivity contribution >= 4 is 17.6 Å². The van der Waals surface area contributed by atoms with E-state index in [1.165, 1.54) is 16.7 Å². The number of aliphatic hydroxyl groups is 1. The van der Waals surface area contributed by atoms with Gasteiger partial charge in [-0.25, -0.2) is 0 Å². The maximum absolute atomic E-state index is 15.3. The standard InChI is InChI=1S/C43H56N4O4/c1-4-30-11-17-34(18-12-30)42(35-19-13-31(5-2)14-20-35,36-21-15-32(6-3)16-22-36)26-39(49)43(25-37(48)29-46-43)41(51)47-24-8-10-38(47)40(50)45-28-33-9-7-23-44-27-33/h11-22,33,37-38,44,46,48H,4-10,23-29H2,1-3H3,(H,45,50)/t33-,37+,38+,43-/m0/s1. The number of rotatable bonds is 13. The van der Waals surface area contributed by atoms with Gasteiger partial charge in [0.05, 0.1) is 11.5 Å². The van der Waals surface area contributed by atoms with Gasteiger partial charge in [0.2, 0.25) is 5.91 Å². The minimum atomic E-state index is -1.66.